The summed E-state index contributed by atoms with van der Waals surface area (Å²) >= 11 is 0. The standard InChI is InChI=1S/C29H30FN7O2/c30-26-16-33-29(35-27(26)19-1-3-20(4-2-19)28(38)32-12-11-31)34-21-5-7-22(8-6-21)36-13-9-23(10-14-36)37-17-24-15-25(18-37)39-24/h1-8,16,23-25H,9-10,12-15,17-18H2,(H,32,38)(H,33,34,35). The molecule has 2 bridgehead atoms. The summed E-state index contributed by atoms with van der Waals surface area (Å²) in [6, 6.07) is 17.0. The lowest BCUT2D eigenvalue weighted by molar-refractivity contribution is -0.189. The molecule has 1 amide bonds. The number of morpholine rings is 1. The number of benzene rings is 2. The highest BCUT2D eigenvalue weighted by atomic mass is 19.1. The predicted octanol–water partition coefficient (Wildman–Crippen LogP) is 3.72. The smallest absolute Gasteiger partial charge is 0.252 e. The zero-order valence-corrected chi connectivity index (χ0v) is 21.5. The first-order valence-corrected chi connectivity index (χ1v) is 13.4. The molecule has 2 atom stereocenters. The van der Waals surface area contributed by atoms with Gasteiger partial charge in [-0.05, 0) is 49.2 Å². The van der Waals surface area contributed by atoms with E-state index in [0.717, 1.165) is 50.9 Å². The number of ether oxygens (including phenoxy) is 1. The summed E-state index contributed by atoms with van der Waals surface area (Å²) in [5.41, 5.74) is 3.02. The number of rotatable bonds is 7. The van der Waals surface area contributed by atoms with E-state index in [9.17, 15) is 9.18 Å². The average molecular weight is 528 g/mol. The highest BCUT2D eigenvalue weighted by molar-refractivity contribution is 5.94. The van der Waals surface area contributed by atoms with Crippen LogP contribution in [0.3, 0.4) is 0 Å². The maximum Gasteiger partial charge on any atom is 0.252 e. The minimum Gasteiger partial charge on any atom is -0.372 e. The zero-order valence-electron chi connectivity index (χ0n) is 21.5. The Morgan fingerprint density at radius 2 is 1.77 bits per heavy atom. The fourth-order valence-corrected chi connectivity index (χ4v) is 5.69. The molecule has 2 aromatic carbocycles. The third-order valence-corrected chi connectivity index (χ3v) is 7.75. The van der Waals surface area contributed by atoms with Crippen LogP contribution in [0.5, 0.6) is 0 Å². The quantitative estimate of drug-likeness (QED) is 0.448. The molecule has 0 aliphatic carbocycles. The second kappa shape index (κ2) is 11.0. The molecule has 10 heteroatoms. The van der Waals surface area contributed by atoms with Gasteiger partial charge in [0.2, 0.25) is 5.95 Å². The lowest BCUT2D eigenvalue weighted by atomic mass is 9.94. The van der Waals surface area contributed by atoms with Crippen LogP contribution in [0, 0.1) is 17.1 Å². The predicted molar refractivity (Wildman–Crippen MR) is 145 cm³/mol. The molecule has 4 aliphatic heterocycles. The van der Waals surface area contributed by atoms with Crippen LogP contribution in [-0.4, -0.2) is 71.7 Å². The van der Waals surface area contributed by atoms with Crippen LogP contribution in [-0.2, 0) is 4.74 Å². The summed E-state index contributed by atoms with van der Waals surface area (Å²) in [5.74, 6) is -0.649. The second-order valence-corrected chi connectivity index (χ2v) is 10.3. The number of nitrogens with zero attached hydrogens (tertiary/aromatic N) is 5. The maximum atomic E-state index is 14.6. The van der Waals surface area contributed by atoms with Crippen molar-refractivity contribution in [2.24, 2.45) is 0 Å². The van der Waals surface area contributed by atoms with Crippen molar-refractivity contribution in [2.45, 2.75) is 37.5 Å². The van der Waals surface area contributed by atoms with Gasteiger partial charge in [-0.25, -0.2) is 14.4 Å². The summed E-state index contributed by atoms with van der Waals surface area (Å²) in [6.07, 6.45) is 5.61. The van der Waals surface area contributed by atoms with Gasteiger partial charge in [0, 0.05) is 61.1 Å². The van der Waals surface area contributed by atoms with Gasteiger partial charge in [-0.1, -0.05) is 12.1 Å². The molecule has 0 spiro atoms. The lowest BCUT2D eigenvalue weighted by Crippen LogP contribution is -2.61. The summed E-state index contributed by atoms with van der Waals surface area (Å²) in [5, 5.41) is 14.3. The van der Waals surface area contributed by atoms with Crippen molar-refractivity contribution < 1.29 is 13.9 Å². The Morgan fingerprint density at radius 1 is 1.08 bits per heavy atom. The van der Waals surface area contributed by atoms with Crippen LogP contribution in [0.25, 0.3) is 11.3 Å². The second-order valence-electron chi connectivity index (χ2n) is 10.3. The van der Waals surface area contributed by atoms with Crippen molar-refractivity contribution in [3.63, 3.8) is 0 Å². The van der Waals surface area contributed by atoms with Crippen LogP contribution in [0.4, 0.5) is 21.7 Å². The van der Waals surface area contributed by atoms with Crippen molar-refractivity contribution in [1.82, 2.24) is 20.2 Å². The van der Waals surface area contributed by atoms with E-state index in [-0.39, 0.29) is 24.1 Å². The first-order chi connectivity index (χ1) is 19.1. The fraction of sp³-hybridized carbons (Fsp3) is 0.379. The number of halogens is 1. The zero-order chi connectivity index (χ0) is 26.8. The number of carbonyl (C=O) groups is 1. The molecule has 1 aromatic heterocycles. The van der Waals surface area contributed by atoms with Gasteiger partial charge < -0.3 is 20.3 Å². The van der Waals surface area contributed by atoms with Crippen molar-refractivity contribution in [2.75, 3.05) is 42.9 Å². The van der Waals surface area contributed by atoms with Crippen molar-refractivity contribution in [1.29, 1.82) is 5.26 Å². The molecule has 200 valence electrons. The Morgan fingerprint density at radius 3 is 2.44 bits per heavy atom. The topological polar surface area (TPSA) is 106 Å². The van der Waals surface area contributed by atoms with E-state index in [1.807, 2.05) is 18.2 Å². The van der Waals surface area contributed by atoms with Crippen molar-refractivity contribution >= 4 is 23.2 Å². The Bertz CT molecular complexity index is 1350. The van der Waals surface area contributed by atoms with Crippen LogP contribution in [0.1, 0.15) is 29.6 Å². The number of anilines is 3. The fourth-order valence-electron chi connectivity index (χ4n) is 5.69. The number of carbonyl (C=O) groups excluding carboxylic acids is 1. The van der Waals surface area contributed by atoms with Crippen molar-refractivity contribution in [3.05, 3.63) is 66.1 Å². The number of piperidine rings is 2. The SMILES string of the molecule is N#CCNC(=O)c1ccc(-c2nc(Nc3ccc(N4CCC(N5CC6CC(C5)O6)CC4)cc3)ncc2F)cc1. The highest BCUT2D eigenvalue weighted by Gasteiger charge is 2.41. The van der Waals surface area contributed by atoms with E-state index in [1.54, 1.807) is 24.3 Å². The summed E-state index contributed by atoms with van der Waals surface area (Å²) < 4.78 is 20.4. The minimum absolute atomic E-state index is 0.0781. The maximum absolute atomic E-state index is 14.6. The molecule has 2 N–H and O–H groups in total. The van der Waals surface area contributed by atoms with Gasteiger partial charge in [-0.15, -0.1) is 0 Å². The Balaban J connectivity index is 1.06. The third kappa shape index (κ3) is 5.55. The lowest BCUT2D eigenvalue weighted by Gasteiger charge is -2.51. The largest absolute Gasteiger partial charge is 0.372 e. The molecule has 2 unspecified atom stereocenters. The van der Waals surface area contributed by atoms with Crippen LogP contribution < -0.4 is 15.5 Å². The number of hydrogen-bond donors (Lipinski definition) is 2. The molecular weight excluding hydrogens is 497 g/mol. The number of hydrogen-bond acceptors (Lipinski definition) is 8. The van der Waals surface area contributed by atoms with Gasteiger partial charge in [0.05, 0.1) is 24.5 Å². The van der Waals surface area contributed by atoms with Gasteiger partial charge in [-0.3, -0.25) is 9.69 Å². The Hall–Kier alpha value is -4.07. The van der Waals surface area contributed by atoms with Gasteiger partial charge in [0.15, 0.2) is 5.82 Å². The van der Waals surface area contributed by atoms with Crippen LogP contribution >= 0.6 is 0 Å². The molecular formula is C29H30FN7O2. The number of nitriles is 1. The normalized spacial score (nSPS) is 21.1. The van der Waals surface area contributed by atoms with Gasteiger partial charge in [0.25, 0.3) is 5.91 Å². The molecule has 4 aliphatic rings. The first kappa shape index (κ1) is 25.2. The Labute approximate surface area is 226 Å². The monoisotopic (exact) mass is 527 g/mol. The summed E-state index contributed by atoms with van der Waals surface area (Å²) in [4.78, 5) is 25.5. The minimum atomic E-state index is -0.560. The third-order valence-electron chi connectivity index (χ3n) is 7.75. The van der Waals surface area contributed by atoms with E-state index in [4.69, 9.17) is 10.00 Å². The van der Waals surface area contributed by atoms with Gasteiger partial charge in [0.1, 0.15) is 12.2 Å². The molecule has 0 saturated carbocycles. The number of fused-ring (bicyclic) bond motifs is 2. The number of amides is 1. The van der Waals surface area contributed by atoms with E-state index in [2.05, 4.69) is 42.5 Å². The number of nitrogens with one attached hydrogen (secondary N) is 2. The molecule has 3 aromatic rings. The molecule has 4 fully saturated rings. The molecule has 4 saturated heterocycles. The molecule has 39 heavy (non-hydrogen) atoms. The summed E-state index contributed by atoms with van der Waals surface area (Å²) in [7, 11) is 0. The molecule has 0 radical (unpaired) electrons. The van der Waals surface area contributed by atoms with Gasteiger partial charge >= 0.3 is 0 Å². The van der Waals surface area contributed by atoms with Crippen molar-refractivity contribution in [3.8, 4) is 17.3 Å². The van der Waals surface area contributed by atoms with Crippen LogP contribution in [0.2, 0.25) is 0 Å². The van der Waals surface area contributed by atoms with E-state index >= 15 is 0 Å². The molecule has 9 nitrogen and oxygen atoms in total. The molecule has 7 rings (SSSR count). The van der Waals surface area contributed by atoms with Crippen LogP contribution in [0.15, 0.2) is 54.7 Å². The number of aromatic nitrogens is 2. The first-order valence-electron chi connectivity index (χ1n) is 13.4. The highest BCUT2D eigenvalue weighted by Crippen LogP contribution is 2.32. The van der Waals surface area contributed by atoms with E-state index in [0.29, 0.717) is 29.4 Å². The van der Waals surface area contributed by atoms with E-state index in [1.165, 1.54) is 12.1 Å². The van der Waals surface area contributed by atoms with E-state index < -0.39 is 5.82 Å². The summed E-state index contributed by atoms with van der Waals surface area (Å²) in [6.45, 7) is 4.16. The Kier molecular flexibility index (Phi) is 7.09. The molecule has 5 heterocycles. The average Bonchev–Trinajstić information content (AvgIpc) is 2.97. The van der Waals surface area contributed by atoms with Gasteiger partial charge in [-0.2, -0.15) is 5.26 Å².